The van der Waals surface area contributed by atoms with Gasteiger partial charge in [0.1, 0.15) is 0 Å². The fourth-order valence-electron chi connectivity index (χ4n) is 1.94. The van der Waals surface area contributed by atoms with Crippen LogP contribution in [0.5, 0.6) is 0 Å². The quantitative estimate of drug-likeness (QED) is 0.909. The van der Waals surface area contributed by atoms with Crippen LogP contribution in [0.3, 0.4) is 0 Å². The summed E-state index contributed by atoms with van der Waals surface area (Å²) in [5.41, 5.74) is 7.02. The molecule has 0 fully saturated rings. The minimum absolute atomic E-state index is 0.209. The van der Waals surface area contributed by atoms with Crippen LogP contribution in [0.15, 0.2) is 30.5 Å². The van der Waals surface area contributed by atoms with E-state index in [4.69, 9.17) is 5.73 Å². The van der Waals surface area contributed by atoms with Crippen molar-refractivity contribution in [1.29, 1.82) is 0 Å². The summed E-state index contributed by atoms with van der Waals surface area (Å²) in [4.78, 5) is 0. The number of rotatable bonds is 2. The molecule has 0 aliphatic rings. The molecule has 2 N–H and O–H groups in total. The Hall–Kier alpha value is -1.82. The number of hydrogen-bond acceptors (Lipinski definition) is 2. The van der Waals surface area contributed by atoms with Gasteiger partial charge in [0, 0.05) is 17.3 Å². The monoisotopic (exact) mass is 269 g/mol. The van der Waals surface area contributed by atoms with Crippen LogP contribution < -0.4 is 5.73 Å². The Bertz CT molecular complexity index is 585. The molecule has 1 heterocycles. The van der Waals surface area contributed by atoms with E-state index >= 15 is 0 Å². The van der Waals surface area contributed by atoms with Crippen LogP contribution in [0.1, 0.15) is 29.8 Å². The Kier molecular flexibility index (Phi) is 3.36. The lowest BCUT2D eigenvalue weighted by Crippen LogP contribution is -2.08. The first kappa shape index (κ1) is 13.6. The molecule has 0 spiro atoms. The molecule has 102 valence electrons. The molecule has 19 heavy (non-hydrogen) atoms. The largest absolute Gasteiger partial charge is 0.416 e. The van der Waals surface area contributed by atoms with Crippen LogP contribution in [-0.4, -0.2) is 9.78 Å². The van der Waals surface area contributed by atoms with Crippen molar-refractivity contribution in [2.75, 3.05) is 0 Å². The lowest BCUT2D eigenvalue weighted by Gasteiger charge is -2.10. The van der Waals surface area contributed by atoms with Crippen LogP contribution >= 0.6 is 0 Å². The van der Waals surface area contributed by atoms with E-state index in [-0.39, 0.29) is 6.04 Å². The first-order valence-electron chi connectivity index (χ1n) is 5.78. The van der Waals surface area contributed by atoms with Crippen LogP contribution in [0.4, 0.5) is 13.2 Å². The smallest absolute Gasteiger partial charge is 0.324 e. The van der Waals surface area contributed by atoms with Gasteiger partial charge in [-0.15, -0.1) is 0 Å². The van der Waals surface area contributed by atoms with Gasteiger partial charge in [0.05, 0.1) is 17.4 Å². The molecule has 0 aliphatic heterocycles. The molecular weight excluding hydrogens is 255 g/mol. The van der Waals surface area contributed by atoms with Gasteiger partial charge in [-0.1, -0.05) is 6.07 Å². The minimum Gasteiger partial charge on any atom is -0.324 e. The number of benzene rings is 1. The number of nitrogens with zero attached hydrogens (tertiary/aromatic N) is 2. The van der Waals surface area contributed by atoms with Crippen LogP contribution in [-0.2, 0) is 6.18 Å². The lowest BCUT2D eigenvalue weighted by atomic mass is 10.1. The summed E-state index contributed by atoms with van der Waals surface area (Å²) in [6, 6.07) is 4.85. The maximum atomic E-state index is 12.7. The average molecular weight is 269 g/mol. The summed E-state index contributed by atoms with van der Waals surface area (Å²) in [5, 5.41) is 4.10. The van der Waals surface area contributed by atoms with Gasteiger partial charge in [0.25, 0.3) is 0 Å². The third kappa shape index (κ3) is 2.63. The zero-order valence-corrected chi connectivity index (χ0v) is 10.6. The van der Waals surface area contributed by atoms with Gasteiger partial charge >= 0.3 is 6.18 Å². The van der Waals surface area contributed by atoms with E-state index in [1.165, 1.54) is 10.7 Å². The van der Waals surface area contributed by atoms with Crippen molar-refractivity contribution >= 4 is 0 Å². The highest BCUT2D eigenvalue weighted by atomic mass is 19.4. The van der Waals surface area contributed by atoms with E-state index in [1.807, 2.05) is 0 Å². The number of halogens is 3. The van der Waals surface area contributed by atoms with Crippen molar-refractivity contribution in [1.82, 2.24) is 9.78 Å². The van der Waals surface area contributed by atoms with Crippen molar-refractivity contribution in [3.63, 3.8) is 0 Å². The van der Waals surface area contributed by atoms with Crippen molar-refractivity contribution in [2.45, 2.75) is 26.1 Å². The molecule has 1 aromatic heterocycles. The second-order valence-corrected chi connectivity index (χ2v) is 4.43. The van der Waals surface area contributed by atoms with Gasteiger partial charge in [-0.05, 0) is 32.0 Å². The van der Waals surface area contributed by atoms with Gasteiger partial charge in [0.2, 0.25) is 0 Å². The predicted molar refractivity (Wildman–Crippen MR) is 65.9 cm³/mol. The molecule has 0 unspecified atom stereocenters. The predicted octanol–water partition coefficient (Wildman–Crippen LogP) is 3.22. The van der Waals surface area contributed by atoms with Crippen LogP contribution in [0.2, 0.25) is 0 Å². The van der Waals surface area contributed by atoms with E-state index < -0.39 is 11.7 Å². The molecule has 6 heteroatoms. The van der Waals surface area contributed by atoms with E-state index in [0.29, 0.717) is 5.69 Å². The molecule has 2 aromatic rings. The van der Waals surface area contributed by atoms with E-state index in [2.05, 4.69) is 5.10 Å². The Labute approximate surface area is 108 Å². The second-order valence-electron chi connectivity index (χ2n) is 4.43. The summed E-state index contributed by atoms with van der Waals surface area (Å²) >= 11 is 0. The maximum absolute atomic E-state index is 12.7. The highest BCUT2D eigenvalue weighted by Gasteiger charge is 2.30. The lowest BCUT2D eigenvalue weighted by molar-refractivity contribution is -0.137. The normalized spacial score (nSPS) is 13.6. The zero-order chi connectivity index (χ0) is 14.2. The molecule has 1 aromatic carbocycles. The summed E-state index contributed by atoms with van der Waals surface area (Å²) in [5.74, 6) is 0. The molecule has 1 atom stereocenters. The van der Waals surface area contributed by atoms with Gasteiger partial charge < -0.3 is 5.73 Å². The summed E-state index contributed by atoms with van der Waals surface area (Å²) in [6.45, 7) is 3.59. The van der Waals surface area contributed by atoms with Crippen LogP contribution in [0, 0.1) is 6.92 Å². The van der Waals surface area contributed by atoms with Gasteiger partial charge in [-0.25, -0.2) is 4.68 Å². The number of nitrogens with two attached hydrogens (primary N) is 1. The van der Waals surface area contributed by atoms with Gasteiger partial charge in [-0.2, -0.15) is 18.3 Å². The van der Waals surface area contributed by atoms with Crippen molar-refractivity contribution < 1.29 is 13.2 Å². The Morgan fingerprint density at radius 2 is 2.00 bits per heavy atom. The summed E-state index contributed by atoms with van der Waals surface area (Å²) in [7, 11) is 0. The number of alkyl halides is 3. The highest BCUT2D eigenvalue weighted by molar-refractivity contribution is 5.39. The molecule has 0 saturated heterocycles. The number of aromatic nitrogens is 2. The summed E-state index contributed by atoms with van der Waals surface area (Å²) in [6.07, 6.45) is -2.78. The third-order valence-electron chi connectivity index (χ3n) is 2.96. The molecular formula is C13H14F3N3. The Balaban J connectivity index is 2.48. The molecule has 2 rings (SSSR count). The van der Waals surface area contributed by atoms with Gasteiger partial charge in [-0.3, -0.25) is 0 Å². The molecule has 0 aliphatic carbocycles. The van der Waals surface area contributed by atoms with Gasteiger partial charge in [0.15, 0.2) is 0 Å². The Morgan fingerprint density at radius 1 is 1.32 bits per heavy atom. The fourth-order valence-corrected chi connectivity index (χ4v) is 1.94. The van der Waals surface area contributed by atoms with E-state index in [0.717, 1.165) is 23.4 Å². The molecule has 0 radical (unpaired) electrons. The van der Waals surface area contributed by atoms with Crippen LogP contribution in [0.25, 0.3) is 5.69 Å². The van der Waals surface area contributed by atoms with E-state index in [1.54, 1.807) is 26.1 Å². The van der Waals surface area contributed by atoms with E-state index in [9.17, 15) is 13.2 Å². The number of hydrogen-bond donors (Lipinski definition) is 1. The van der Waals surface area contributed by atoms with Crippen molar-refractivity contribution in [3.05, 3.63) is 47.3 Å². The maximum Gasteiger partial charge on any atom is 0.416 e. The SMILES string of the molecule is Cc1c([C@H](C)N)cnn1-c1cccc(C(F)(F)F)c1. The molecule has 0 saturated carbocycles. The minimum atomic E-state index is -4.36. The molecule has 3 nitrogen and oxygen atoms in total. The summed E-state index contributed by atoms with van der Waals surface area (Å²) < 4.78 is 39.5. The third-order valence-corrected chi connectivity index (χ3v) is 2.96. The zero-order valence-electron chi connectivity index (χ0n) is 10.6. The Morgan fingerprint density at radius 3 is 2.53 bits per heavy atom. The molecule has 0 amide bonds. The standard InChI is InChI=1S/C13H14F3N3/c1-8(17)12-7-18-19(9(12)2)11-5-3-4-10(6-11)13(14,15)16/h3-8H,17H2,1-2H3/t8-/m0/s1. The first-order chi connectivity index (χ1) is 8.80. The topological polar surface area (TPSA) is 43.8 Å². The van der Waals surface area contributed by atoms with Crippen molar-refractivity contribution in [3.8, 4) is 5.69 Å². The first-order valence-corrected chi connectivity index (χ1v) is 5.78. The fraction of sp³-hybridized carbons (Fsp3) is 0.308. The molecule has 0 bridgehead atoms. The average Bonchev–Trinajstić information content (AvgIpc) is 2.70. The highest BCUT2D eigenvalue weighted by Crippen LogP contribution is 2.30. The second kappa shape index (κ2) is 4.70. The van der Waals surface area contributed by atoms with Crippen molar-refractivity contribution in [2.24, 2.45) is 5.73 Å².